The van der Waals surface area contributed by atoms with Crippen LogP contribution in [0.1, 0.15) is 23.2 Å². The van der Waals surface area contributed by atoms with Crippen LogP contribution in [0.3, 0.4) is 0 Å². The fraction of sp³-hybridized carbons (Fsp3) is 0.333. The first-order valence-corrected chi connectivity index (χ1v) is 7.40. The fourth-order valence-corrected chi connectivity index (χ4v) is 2.56. The van der Waals surface area contributed by atoms with E-state index in [1.54, 1.807) is 0 Å². The lowest BCUT2D eigenvalue weighted by atomic mass is 10.2. The molecular weight excluding hydrogens is 286 g/mol. The van der Waals surface area contributed by atoms with Crippen molar-refractivity contribution in [2.24, 2.45) is 0 Å². The third-order valence-electron chi connectivity index (χ3n) is 2.38. The zero-order valence-electron chi connectivity index (χ0n) is 10.8. The second kappa shape index (κ2) is 6.90. The fourth-order valence-electron chi connectivity index (χ4n) is 1.44. The lowest BCUT2D eigenvalue weighted by Crippen LogP contribution is -2.17. The number of esters is 1. The van der Waals surface area contributed by atoms with E-state index < -0.39 is 22.0 Å². The number of carbonyl (C=O) groups is 2. The number of rotatable bonds is 7. The van der Waals surface area contributed by atoms with Crippen LogP contribution < -0.4 is 4.72 Å². The number of hydrogen-bond acceptors (Lipinski definition) is 5. The molecule has 110 valence electrons. The zero-order chi connectivity index (χ0) is 15.2. The SMILES string of the molecule is COC(=O)c1ccc(NS(=O)(=O)CCCC(=O)O)cc1. The van der Waals surface area contributed by atoms with Crippen LogP contribution in [0.25, 0.3) is 0 Å². The average molecular weight is 301 g/mol. The monoisotopic (exact) mass is 301 g/mol. The van der Waals surface area contributed by atoms with Gasteiger partial charge in [-0.1, -0.05) is 0 Å². The number of aliphatic carboxylic acids is 1. The Morgan fingerprint density at radius 1 is 1.25 bits per heavy atom. The Hall–Kier alpha value is -2.09. The van der Waals surface area contributed by atoms with Crippen LogP contribution >= 0.6 is 0 Å². The first-order chi connectivity index (χ1) is 9.34. The molecule has 0 aliphatic carbocycles. The molecule has 1 aromatic rings. The molecule has 0 aromatic heterocycles. The normalized spacial score (nSPS) is 10.8. The van der Waals surface area contributed by atoms with Crippen molar-refractivity contribution in [2.75, 3.05) is 17.6 Å². The lowest BCUT2D eigenvalue weighted by Gasteiger charge is -2.07. The summed E-state index contributed by atoms with van der Waals surface area (Å²) in [5.74, 6) is -1.83. The molecule has 0 saturated carbocycles. The highest BCUT2D eigenvalue weighted by Gasteiger charge is 2.12. The summed E-state index contributed by atoms with van der Waals surface area (Å²) in [7, 11) is -2.35. The highest BCUT2D eigenvalue weighted by molar-refractivity contribution is 7.92. The summed E-state index contributed by atoms with van der Waals surface area (Å²) in [6, 6.07) is 5.73. The topological polar surface area (TPSA) is 110 Å². The Kier molecular flexibility index (Phi) is 5.51. The van der Waals surface area contributed by atoms with Crippen LogP contribution in [0.5, 0.6) is 0 Å². The molecule has 0 aliphatic rings. The van der Waals surface area contributed by atoms with Gasteiger partial charge in [-0.3, -0.25) is 9.52 Å². The number of ether oxygens (including phenoxy) is 1. The first kappa shape index (κ1) is 16.0. The van der Waals surface area contributed by atoms with Crippen LogP contribution in [-0.4, -0.2) is 38.3 Å². The molecule has 0 radical (unpaired) electrons. The van der Waals surface area contributed by atoms with Crippen molar-refractivity contribution in [3.63, 3.8) is 0 Å². The standard InChI is InChI=1S/C12H15NO6S/c1-19-12(16)9-4-6-10(7-5-9)13-20(17,18)8-2-3-11(14)15/h4-7,13H,2-3,8H2,1H3,(H,14,15). The van der Waals surface area contributed by atoms with E-state index in [1.807, 2.05) is 0 Å². The van der Waals surface area contributed by atoms with Gasteiger partial charge in [-0.15, -0.1) is 0 Å². The van der Waals surface area contributed by atoms with Gasteiger partial charge < -0.3 is 9.84 Å². The molecule has 0 heterocycles. The number of hydrogen-bond donors (Lipinski definition) is 2. The molecule has 0 aliphatic heterocycles. The first-order valence-electron chi connectivity index (χ1n) is 5.75. The van der Waals surface area contributed by atoms with Crippen LogP contribution in [0, 0.1) is 0 Å². The maximum Gasteiger partial charge on any atom is 0.337 e. The highest BCUT2D eigenvalue weighted by atomic mass is 32.2. The Labute approximate surface area is 116 Å². The van der Waals surface area contributed by atoms with E-state index in [9.17, 15) is 18.0 Å². The molecule has 0 fully saturated rings. The predicted octanol–water partition coefficient (Wildman–Crippen LogP) is 1.08. The van der Waals surface area contributed by atoms with Crippen molar-refractivity contribution in [3.05, 3.63) is 29.8 Å². The van der Waals surface area contributed by atoms with E-state index >= 15 is 0 Å². The number of carboxylic acids is 1. The molecule has 1 rings (SSSR count). The number of benzene rings is 1. The molecule has 0 bridgehead atoms. The highest BCUT2D eigenvalue weighted by Crippen LogP contribution is 2.12. The van der Waals surface area contributed by atoms with E-state index in [-0.39, 0.29) is 18.6 Å². The summed E-state index contributed by atoms with van der Waals surface area (Å²) < 4.78 is 30.1. The molecule has 2 N–H and O–H groups in total. The van der Waals surface area contributed by atoms with E-state index in [1.165, 1.54) is 31.4 Å². The summed E-state index contributed by atoms with van der Waals surface area (Å²) in [6.45, 7) is 0. The minimum Gasteiger partial charge on any atom is -0.481 e. The summed E-state index contributed by atoms with van der Waals surface area (Å²) in [5.41, 5.74) is 0.606. The minimum atomic E-state index is -3.60. The largest absolute Gasteiger partial charge is 0.481 e. The molecule has 0 atom stereocenters. The maximum atomic E-state index is 11.7. The predicted molar refractivity (Wildman–Crippen MR) is 72.1 cm³/mol. The smallest absolute Gasteiger partial charge is 0.337 e. The third kappa shape index (κ3) is 5.27. The van der Waals surface area contributed by atoms with Gasteiger partial charge in [0.15, 0.2) is 0 Å². The van der Waals surface area contributed by atoms with Gasteiger partial charge in [-0.2, -0.15) is 0 Å². The van der Waals surface area contributed by atoms with Gasteiger partial charge in [0.2, 0.25) is 10.0 Å². The molecule has 0 spiro atoms. The lowest BCUT2D eigenvalue weighted by molar-refractivity contribution is -0.137. The van der Waals surface area contributed by atoms with Crippen molar-refractivity contribution in [2.45, 2.75) is 12.8 Å². The molecule has 0 amide bonds. The Morgan fingerprint density at radius 2 is 1.85 bits per heavy atom. The quantitative estimate of drug-likeness (QED) is 0.729. The second-order valence-electron chi connectivity index (χ2n) is 3.99. The number of anilines is 1. The zero-order valence-corrected chi connectivity index (χ0v) is 11.6. The van der Waals surface area contributed by atoms with E-state index in [0.29, 0.717) is 11.3 Å². The van der Waals surface area contributed by atoms with E-state index in [2.05, 4.69) is 9.46 Å². The van der Waals surface area contributed by atoms with Gasteiger partial charge in [0.25, 0.3) is 0 Å². The van der Waals surface area contributed by atoms with Crippen molar-refractivity contribution >= 4 is 27.6 Å². The van der Waals surface area contributed by atoms with Crippen molar-refractivity contribution < 1.29 is 27.9 Å². The summed E-state index contributed by atoms with van der Waals surface area (Å²) >= 11 is 0. The van der Waals surface area contributed by atoms with Gasteiger partial charge in [-0.05, 0) is 30.7 Å². The number of methoxy groups -OCH3 is 1. The van der Waals surface area contributed by atoms with Gasteiger partial charge in [0, 0.05) is 12.1 Å². The van der Waals surface area contributed by atoms with Crippen LogP contribution in [0.2, 0.25) is 0 Å². The van der Waals surface area contributed by atoms with Crippen LogP contribution in [0.4, 0.5) is 5.69 Å². The molecule has 8 heteroatoms. The van der Waals surface area contributed by atoms with Crippen LogP contribution in [-0.2, 0) is 19.6 Å². The molecule has 1 aromatic carbocycles. The number of carbonyl (C=O) groups excluding carboxylic acids is 1. The summed E-state index contributed by atoms with van der Waals surface area (Å²) in [6.07, 6.45) is -0.174. The Balaban J connectivity index is 2.63. The Morgan fingerprint density at radius 3 is 2.35 bits per heavy atom. The average Bonchev–Trinajstić information content (AvgIpc) is 2.37. The third-order valence-corrected chi connectivity index (χ3v) is 3.76. The summed E-state index contributed by atoms with van der Waals surface area (Å²) in [5, 5.41) is 8.45. The number of nitrogens with one attached hydrogen (secondary N) is 1. The van der Waals surface area contributed by atoms with E-state index in [4.69, 9.17) is 5.11 Å². The van der Waals surface area contributed by atoms with Gasteiger partial charge in [-0.25, -0.2) is 13.2 Å². The van der Waals surface area contributed by atoms with Crippen molar-refractivity contribution in [1.82, 2.24) is 0 Å². The number of sulfonamides is 1. The maximum absolute atomic E-state index is 11.7. The molecule has 7 nitrogen and oxygen atoms in total. The van der Waals surface area contributed by atoms with Crippen molar-refractivity contribution in [3.8, 4) is 0 Å². The minimum absolute atomic E-state index is 0.0326. The molecule has 20 heavy (non-hydrogen) atoms. The number of carboxylic acid groups (broad SMARTS) is 1. The van der Waals surface area contributed by atoms with Crippen LogP contribution in [0.15, 0.2) is 24.3 Å². The van der Waals surface area contributed by atoms with Gasteiger partial charge in [0.1, 0.15) is 0 Å². The molecule has 0 unspecified atom stereocenters. The van der Waals surface area contributed by atoms with Gasteiger partial charge in [0.05, 0.1) is 18.4 Å². The second-order valence-corrected chi connectivity index (χ2v) is 5.83. The van der Waals surface area contributed by atoms with Gasteiger partial charge >= 0.3 is 11.9 Å². The molecular formula is C12H15NO6S. The Bertz CT molecular complexity index is 578. The summed E-state index contributed by atoms with van der Waals surface area (Å²) in [4.78, 5) is 21.5. The molecule has 0 saturated heterocycles. The van der Waals surface area contributed by atoms with Crippen molar-refractivity contribution in [1.29, 1.82) is 0 Å². The van der Waals surface area contributed by atoms with E-state index in [0.717, 1.165) is 0 Å².